The van der Waals surface area contributed by atoms with Crippen LogP contribution >= 0.6 is 12.6 Å². The van der Waals surface area contributed by atoms with Gasteiger partial charge in [0, 0.05) is 10.9 Å². The van der Waals surface area contributed by atoms with Crippen molar-refractivity contribution in [2.45, 2.75) is 30.2 Å². The summed E-state index contributed by atoms with van der Waals surface area (Å²) in [5.41, 5.74) is 8.71. The maximum atomic E-state index is 5.87. The Balaban J connectivity index is 2.37. The van der Waals surface area contributed by atoms with Gasteiger partial charge in [0.15, 0.2) is 0 Å². The Morgan fingerprint density at radius 3 is 3.00 bits per heavy atom. The normalized spacial score (nSPS) is 22.0. The molecule has 0 aliphatic heterocycles. The van der Waals surface area contributed by atoms with E-state index in [-0.39, 0.29) is 0 Å². The zero-order valence-electron chi connectivity index (χ0n) is 6.96. The monoisotopic (exact) mass is 179 g/mol. The minimum absolute atomic E-state index is 0.364. The average molecular weight is 179 g/mol. The number of benzene rings is 1. The Morgan fingerprint density at radius 1 is 1.33 bits per heavy atom. The van der Waals surface area contributed by atoms with Crippen LogP contribution in [0.1, 0.15) is 17.5 Å². The van der Waals surface area contributed by atoms with Gasteiger partial charge in [-0.3, -0.25) is 0 Å². The van der Waals surface area contributed by atoms with Crippen molar-refractivity contribution < 1.29 is 0 Å². The van der Waals surface area contributed by atoms with Crippen LogP contribution in [0, 0.1) is 0 Å². The lowest BCUT2D eigenvalue weighted by Crippen LogP contribution is -2.27. The third-order valence-electron chi connectivity index (χ3n) is 2.46. The Hall–Kier alpha value is -0.470. The smallest absolute Gasteiger partial charge is 0.00825 e. The molecule has 0 unspecified atom stereocenters. The lowest BCUT2D eigenvalue weighted by molar-refractivity contribution is 0.575. The molecular formula is C10H13NS. The van der Waals surface area contributed by atoms with E-state index in [1.165, 1.54) is 11.1 Å². The van der Waals surface area contributed by atoms with Gasteiger partial charge in [0.25, 0.3) is 0 Å². The third-order valence-corrected chi connectivity index (χ3v) is 2.73. The van der Waals surface area contributed by atoms with Crippen molar-refractivity contribution in [3.05, 3.63) is 29.3 Å². The quantitative estimate of drug-likeness (QED) is 0.583. The number of nitrogens with two attached hydrogens (primary N) is 1. The first kappa shape index (κ1) is 8.14. The summed E-state index contributed by atoms with van der Waals surface area (Å²) in [6.45, 7) is 0. The Bertz CT molecular complexity index is 296. The molecule has 64 valence electrons. The molecule has 1 atom stereocenters. The molecule has 1 aliphatic carbocycles. The van der Waals surface area contributed by atoms with E-state index in [1.807, 2.05) is 6.07 Å². The molecule has 2 rings (SSSR count). The van der Waals surface area contributed by atoms with Gasteiger partial charge in [-0.25, -0.2) is 0 Å². The maximum Gasteiger partial charge on any atom is 0.00825 e. The maximum absolute atomic E-state index is 5.87. The van der Waals surface area contributed by atoms with Crippen molar-refractivity contribution in [1.29, 1.82) is 0 Å². The van der Waals surface area contributed by atoms with Crippen LogP contribution in [0.2, 0.25) is 0 Å². The van der Waals surface area contributed by atoms with Crippen LogP contribution < -0.4 is 5.73 Å². The van der Waals surface area contributed by atoms with Crippen LogP contribution in [0.3, 0.4) is 0 Å². The first-order chi connectivity index (χ1) is 5.75. The van der Waals surface area contributed by atoms with E-state index in [9.17, 15) is 0 Å². The molecule has 0 aromatic heterocycles. The van der Waals surface area contributed by atoms with E-state index in [0.29, 0.717) is 6.04 Å². The van der Waals surface area contributed by atoms with Crippen LogP contribution in [-0.4, -0.2) is 6.04 Å². The molecule has 0 saturated heterocycles. The van der Waals surface area contributed by atoms with Gasteiger partial charge in [0.1, 0.15) is 0 Å². The SMILES string of the molecule is N[C@@H]1CCc2cc(S)ccc2C1. The zero-order valence-corrected chi connectivity index (χ0v) is 7.85. The van der Waals surface area contributed by atoms with Crippen LogP contribution in [0.15, 0.2) is 23.1 Å². The summed E-state index contributed by atoms with van der Waals surface area (Å²) in [6, 6.07) is 6.71. The van der Waals surface area contributed by atoms with Gasteiger partial charge < -0.3 is 5.73 Å². The second kappa shape index (κ2) is 3.11. The molecule has 1 aromatic rings. The Morgan fingerprint density at radius 2 is 2.17 bits per heavy atom. The van der Waals surface area contributed by atoms with Crippen molar-refractivity contribution in [3.63, 3.8) is 0 Å². The fraction of sp³-hybridized carbons (Fsp3) is 0.400. The molecule has 2 N–H and O–H groups in total. The second-order valence-electron chi connectivity index (χ2n) is 3.46. The van der Waals surface area contributed by atoms with Crippen LogP contribution in [-0.2, 0) is 12.8 Å². The van der Waals surface area contributed by atoms with Gasteiger partial charge >= 0.3 is 0 Å². The van der Waals surface area contributed by atoms with Crippen molar-refractivity contribution in [2.24, 2.45) is 5.73 Å². The summed E-state index contributed by atoms with van der Waals surface area (Å²) in [6.07, 6.45) is 3.26. The number of hydrogen-bond donors (Lipinski definition) is 2. The van der Waals surface area contributed by atoms with Crippen LogP contribution in [0.25, 0.3) is 0 Å². The van der Waals surface area contributed by atoms with Gasteiger partial charge in [-0.2, -0.15) is 0 Å². The minimum Gasteiger partial charge on any atom is -0.327 e. The van der Waals surface area contributed by atoms with Crippen LogP contribution in [0.4, 0.5) is 0 Å². The third kappa shape index (κ3) is 1.50. The van der Waals surface area contributed by atoms with Crippen molar-refractivity contribution in [1.82, 2.24) is 0 Å². The van der Waals surface area contributed by atoms with Gasteiger partial charge in [-0.05, 0) is 42.5 Å². The van der Waals surface area contributed by atoms with Gasteiger partial charge in [0.2, 0.25) is 0 Å². The molecule has 1 nitrogen and oxygen atoms in total. The van der Waals surface area contributed by atoms with Gasteiger partial charge in [0.05, 0.1) is 0 Å². The Kier molecular flexibility index (Phi) is 2.11. The summed E-state index contributed by atoms with van der Waals surface area (Å²) in [4.78, 5) is 1.06. The molecule has 0 amide bonds. The molecule has 1 aliphatic rings. The fourth-order valence-electron chi connectivity index (χ4n) is 1.77. The van der Waals surface area contributed by atoms with Crippen LogP contribution in [0.5, 0.6) is 0 Å². The molecule has 0 fully saturated rings. The van der Waals surface area contributed by atoms with E-state index in [2.05, 4.69) is 24.8 Å². The molecule has 0 saturated carbocycles. The lowest BCUT2D eigenvalue weighted by Gasteiger charge is -2.21. The molecule has 0 heterocycles. The summed E-state index contributed by atoms with van der Waals surface area (Å²) in [5, 5.41) is 0. The lowest BCUT2D eigenvalue weighted by atomic mass is 9.89. The van der Waals surface area contributed by atoms with E-state index in [0.717, 1.165) is 24.2 Å². The number of thiol groups is 1. The predicted molar refractivity (Wildman–Crippen MR) is 53.7 cm³/mol. The predicted octanol–water partition coefficient (Wildman–Crippen LogP) is 1.79. The zero-order chi connectivity index (χ0) is 8.55. The topological polar surface area (TPSA) is 26.0 Å². The fourth-order valence-corrected chi connectivity index (χ4v) is 2.00. The van der Waals surface area contributed by atoms with E-state index >= 15 is 0 Å². The highest BCUT2D eigenvalue weighted by Crippen LogP contribution is 2.22. The van der Waals surface area contributed by atoms with Gasteiger partial charge in [-0.15, -0.1) is 12.6 Å². The number of aryl methyl sites for hydroxylation is 1. The number of fused-ring (bicyclic) bond motifs is 1. The largest absolute Gasteiger partial charge is 0.327 e. The second-order valence-corrected chi connectivity index (χ2v) is 3.97. The summed E-state index contributed by atoms with van der Waals surface area (Å²) >= 11 is 4.31. The summed E-state index contributed by atoms with van der Waals surface area (Å²) in [5.74, 6) is 0. The van der Waals surface area contributed by atoms with E-state index in [4.69, 9.17) is 5.73 Å². The standard InChI is InChI=1S/C10H13NS/c11-9-3-1-8-6-10(12)4-2-7(8)5-9/h2,4,6,9,12H,1,3,5,11H2/t9-/m1/s1. The molecule has 12 heavy (non-hydrogen) atoms. The Labute approximate surface area is 78.4 Å². The highest BCUT2D eigenvalue weighted by Gasteiger charge is 2.14. The van der Waals surface area contributed by atoms with E-state index < -0.39 is 0 Å². The number of rotatable bonds is 0. The summed E-state index contributed by atoms with van der Waals surface area (Å²) in [7, 11) is 0. The molecule has 1 aromatic carbocycles. The van der Waals surface area contributed by atoms with Crippen molar-refractivity contribution in [3.8, 4) is 0 Å². The van der Waals surface area contributed by atoms with Crippen molar-refractivity contribution in [2.75, 3.05) is 0 Å². The molecule has 0 bridgehead atoms. The van der Waals surface area contributed by atoms with E-state index in [1.54, 1.807) is 0 Å². The first-order valence-electron chi connectivity index (χ1n) is 4.32. The molecule has 0 radical (unpaired) electrons. The summed E-state index contributed by atoms with van der Waals surface area (Å²) < 4.78 is 0. The minimum atomic E-state index is 0.364. The van der Waals surface area contributed by atoms with Gasteiger partial charge in [-0.1, -0.05) is 6.07 Å². The van der Waals surface area contributed by atoms with Crippen molar-refractivity contribution >= 4 is 12.6 Å². The highest BCUT2D eigenvalue weighted by molar-refractivity contribution is 7.80. The average Bonchev–Trinajstić information content (AvgIpc) is 2.05. The highest BCUT2D eigenvalue weighted by atomic mass is 32.1. The molecule has 0 spiro atoms. The first-order valence-corrected chi connectivity index (χ1v) is 4.77. The molecular weight excluding hydrogens is 166 g/mol. The number of hydrogen-bond acceptors (Lipinski definition) is 2. The molecule has 2 heteroatoms.